The summed E-state index contributed by atoms with van der Waals surface area (Å²) >= 11 is 4.81. The number of H-pyrrole nitrogens is 1. The highest BCUT2D eigenvalue weighted by Crippen LogP contribution is 2.19. The maximum absolute atomic E-state index is 5.85. The third-order valence-corrected chi connectivity index (χ3v) is 3.40. The molecule has 0 spiro atoms. The molecule has 2 aromatic heterocycles. The van der Waals surface area contributed by atoms with Crippen molar-refractivity contribution in [3.63, 3.8) is 0 Å². The summed E-state index contributed by atoms with van der Waals surface area (Å²) in [6.07, 6.45) is 3.62. The zero-order valence-corrected chi connectivity index (χ0v) is 11.0. The number of benzene rings is 1. The van der Waals surface area contributed by atoms with Crippen LogP contribution in [-0.4, -0.2) is 25.2 Å². The average Bonchev–Trinajstić information content (AvgIpc) is 3.00. The number of hydrogen-bond acceptors (Lipinski definition) is 4. The van der Waals surface area contributed by atoms with E-state index in [4.69, 9.17) is 18.1 Å². The number of nitrogens with two attached hydrogens (primary N) is 1. The van der Waals surface area contributed by atoms with Gasteiger partial charge in [-0.3, -0.25) is 0 Å². The highest BCUT2D eigenvalue weighted by molar-refractivity contribution is 7.79. The number of aromatic nitrogens is 4. The van der Waals surface area contributed by atoms with Crippen LogP contribution in [0, 0.1) is 0 Å². The third-order valence-electron chi connectivity index (χ3n) is 3.19. The van der Waals surface area contributed by atoms with Gasteiger partial charge in [0.25, 0.3) is 0 Å². The lowest BCUT2D eigenvalue weighted by Gasteiger charge is -2.01. The highest BCUT2D eigenvalue weighted by atomic mass is 32.1. The number of aromatic amines is 1. The van der Waals surface area contributed by atoms with Crippen LogP contribution in [0.2, 0.25) is 0 Å². The molecule has 0 aliphatic heterocycles. The van der Waals surface area contributed by atoms with Gasteiger partial charge in [-0.1, -0.05) is 30.4 Å². The summed E-state index contributed by atoms with van der Waals surface area (Å²) in [5, 5.41) is 10.6. The molecule has 0 atom stereocenters. The van der Waals surface area contributed by atoms with Gasteiger partial charge in [-0.2, -0.15) is 0 Å². The van der Waals surface area contributed by atoms with Crippen molar-refractivity contribution in [2.45, 2.75) is 12.8 Å². The second-order valence-electron chi connectivity index (χ2n) is 4.32. The van der Waals surface area contributed by atoms with Gasteiger partial charge in [-0.15, -0.1) is 10.2 Å². The second kappa shape index (κ2) is 4.81. The maximum atomic E-state index is 5.85. The first-order chi connectivity index (χ1) is 9.29. The van der Waals surface area contributed by atoms with Gasteiger partial charge >= 0.3 is 0 Å². The Kier molecular flexibility index (Phi) is 3.00. The summed E-state index contributed by atoms with van der Waals surface area (Å²) in [7, 11) is 0. The van der Waals surface area contributed by atoms with Crippen LogP contribution in [0.1, 0.15) is 17.2 Å². The molecule has 19 heavy (non-hydrogen) atoms. The Morgan fingerprint density at radius 2 is 2.11 bits per heavy atom. The van der Waals surface area contributed by atoms with E-state index in [-0.39, 0.29) is 0 Å². The number of nitrogens with one attached hydrogen (secondary N) is 1. The molecule has 0 amide bonds. The predicted molar refractivity (Wildman–Crippen MR) is 78.6 cm³/mol. The van der Waals surface area contributed by atoms with Crippen molar-refractivity contribution in [2.24, 2.45) is 0 Å². The Morgan fingerprint density at radius 1 is 1.26 bits per heavy atom. The summed E-state index contributed by atoms with van der Waals surface area (Å²) in [6, 6.07) is 8.23. The summed E-state index contributed by atoms with van der Waals surface area (Å²) < 4.78 is 1.45. The molecule has 0 radical (unpaired) electrons. The minimum Gasteiger partial charge on any atom is -0.361 e. The molecule has 5 nitrogen and oxygen atoms in total. The Bertz CT molecular complexity index is 728. The number of para-hydroxylation sites is 1. The lowest BCUT2D eigenvalue weighted by molar-refractivity contribution is 0.804. The fraction of sp³-hybridized carbons (Fsp3) is 0.154. The van der Waals surface area contributed by atoms with Gasteiger partial charge in [0.15, 0.2) is 11.6 Å². The topological polar surface area (TPSA) is 72.5 Å². The molecule has 0 fully saturated rings. The first-order valence-electron chi connectivity index (χ1n) is 5.99. The van der Waals surface area contributed by atoms with Crippen LogP contribution in [-0.2, 0) is 12.8 Å². The molecular weight excluding hydrogens is 258 g/mol. The quantitative estimate of drug-likeness (QED) is 0.558. The van der Waals surface area contributed by atoms with Crippen molar-refractivity contribution in [1.29, 1.82) is 0 Å². The van der Waals surface area contributed by atoms with Crippen LogP contribution >= 0.6 is 12.2 Å². The molecule has 3 aromatic rings. The number of fused-ring (bicyclic) bond motifs is 1. The molecule has 0 bridgehead atoms. The summed E-state index contributed by atoms with van der Waals surface area (Å²) in [5.41, 5.74) is 2.40. The van der Waals surface area contributed by atoms with Gasteiger partial charge in [-0.25, -0.2) is 4.68 Å². The van der Waals surface area contributed by atoms with Crippen LogP contribution in [0.4, 0.5) is 0 Å². The van der Waals surface area contributed by atoms with Gasteiger partial charge in [-0.05, 0) is 18.1 Å². The van der Waals surface area contributed by atoms with E-state index in [1.807, 2.05) is 18.3 Å². The molecule has 1 aromatic carbocycles. The van der Waals surface area contributed by atoms with Crippen molar-refractivity contribution >= 4 is 28.5 Å². The summed E-state index contributed by atoms with van der Waals surface area (Å²) in [6.45, 7) is 0. The predicted octanol–water partition coefficient (Wildman–Crippen LogP) is 1.61. The SMILES string of the molecule is Nn1c(C=S)nnc1CCc1c[nH]c2ccccc12. The Hall–Kier alpha value is -2.21. The van der Waals surface area contributed by atoms with Crippen LogP contribution in [0.3, 0.4) is 0 Å². The maximum Gasteiger partial charge on any atom is 0.186 e. The van der Waals surface area contributed by atoms with E-state index >= 15 is 0 Å². The normalized spacial score (nSPS) is 10.9. The van der Waals surface area contributed by atoms with Crippen LogP contribution < -0.4 is 5.84 Å². The molecule has 3 N–H and O–H groups in total. The first-order valence-corrected chi connectivity index (χ1v) is 6.46. The summed E-state index contributed by atoms with van der Waals surface area (Å²) in [5.74, 6) is 7.11. The minimum absolute atomic E-state index is 0.518. The van der Waals surface area contributed by atoms with Gasteiger partial charge in [0.1, 0.15) is 0 Å². The molecule has 0 aliphatic carbocycles. The Balaban J connectivity index is 1.82. The second-order valence-corrected chi connectivity index (χ2v) is 4.56. The fourth-order valence-corrected chi connectivity index (χ4v) is 2.33. The van der Waals surface area contributed by atoms with Gasteiger partial charge in [0.05, 0.1) is 0 Å². The molecule has 96 valence electrons. The molecule has 6 heteroatoms. The first kappa shape index (κ1) is 11.9. The number of hydrogen-bond donors (Lipinski definition) is 2. The molecule has 0 saturated heterocycles. The van der Waals surface area contributed by atoms with E-state index < -0.39 is 0 Å². The minimum atomic E-state index is 0.518. The van der Waals surface area contributed by atoms with Crippen LogP contribution in [0.25, 0.3) is 10.9 Å². The zero-order chi connectivity index (χ0) is 13.2. The van der Waals surface area contributed by atoms with Gasteiger partial charge in [0.2, 0.25) is 0 Å². The number of thiocarbonyl (C=S) groups is 1. The molecule has 0 aliphatic rings. The smallest absolute Gasteiger partial charge is 0.186 e. The van der Waals surface area contributed by atoms with Crippen molar-refractivity contribution in [1.82, 2.24) is 19.9 Å². The average molecular weight is 271 g/mol. The van der Waals surface area contributed by atoms with E-state index in [1.165, 1.54) is 21.0 Å². The molecule has 2 heterocycles. The van der Waals surface area contributed by atoms with Gasteiger partial charge < -0.3 is 10.8 Å². The lowest BCUT2D eigenvalue weighted by atomic mass is 10.1. The molecule has 3 rings (SSSR count). The van der Waals surface area contributed by atoms with E-state index in [1.54, 1.807) is 0 Å². The fourth-order valence-electron chi connectivity index (χ4n) is 2.17. The highest BCUT2D eigenvalue weighted by Gasteiger charge is 2.09. The standard InChI is InChI=1S/C13H13N5S/c14-18-12(16-17-13(18)8-19)6-5-9-7-15-11-4-2-1-3-10(9)11/h1-4,7-8,15H,5-6,14H2. The van der Waals surface area contributed by atoms with E-state index in [2.05, 4.69) is 27.3 Å². The van der Waals surface area contributed by atoms with Crippen LogP contribution in [0.15, 0.2) is 30.5 Å². The molecular formula is C13H13N5S. The third kappa shape index (κ3) is 2.10. The molecule has 0 unspecified atom stereocenters. The summed E-state index contributed by atoms with van der Waals surface area (Å²) in [4.78, 5) is 3.26. The largest absolute Gasteiger partial charge is 0.361 e. The lowest BCUT2D eigenvalue weighted by Crippen LogP contribution is -2.16. The van der Waals surface area contributed by atoms with Crippen molar-refractivity contribution < 1.29 is 0 Å². The monoisotopic (exact) mass is 271 g/mol. The van der Waals surface area contributed by atoms with Gasteiger partial charge in [0, 0.05) is 28.9 Å². The van der Waals surface area contributed by atoms with Crippen molar-refractivity contribution in [2.75, 3.05) is 5.84 Å². The zero-order valence-electron chi connectivity index (χ0n) is 10.2. The Labute approximate surface area is 115 Å². The molecule has 0 saturated carbocycles. The number of nitrogens with zero attached hydrogens (tertiary/aromatic N) is 3. The number of aryl methyl sites for hydroxylation is 2. The Morgan fingerprint density at radius 3 is 2.89 bits per heavy atom. The van der Waals surface area contributed by atoms with E-state index in [9.17, 15) is 0 Å². The van der Waals surface area contributed by atoms with E-state index in [0.29, 0.717) is 5.82 Å². The van der Waals surface area contributed by atoms with Crippen LogP contribution in [0.5, 0.6) is 0 Å². The number of nitrogen functional groups attached to an aromatic ring is 1. The van der Waals surface area contributed by atoms with E-state index in [0.717, 1.165) is 24.2 Å². The van der Waals surface area contributed by atoms with Crippen molar-refractivity contribution in [3.8, 4) is 0 Å². The number of rotatable bonds is 4. The van der Waals surface area contributed by atoms with Crippen molar-refractivity contribution in [3.05, 3.63) is 47.7 Å².